The first-order valence-corrected chi connectivity index (χ1v) is 7.99. The van der Waals surface area contributed by atoms with Crippen molar-refractivity contribution in [2.24, 2.45) is 0 Å². The Kier molecular flexibility index (Phi) is 10.1. The van der Waals surface area contributed by atoms with E-state index >= 15 is 0 Å². The summed E-state index contributed by atoms with van der Waals surface area (Å²) in [5.41, 5.74) is 1.68. The normalized spacial score (nSPS) is 19.4. The number of hydrogen-bond donors (Lipinski definition) is 5. The summed E-state index contributed by atoms with van der Waals surface area (Å²) in [6.07, 6.45) is 7.75. The van der Waals surface area contributed by atoms with Gasteiger partial charge in [0.15, 0.2) is 0 Å². The smallest absolute Gasteiger partial charge is 0.414 e. The lowest BCUT2D eigenvalue weighted by atomic mass is 9.97. The van der Waals surface area contributed by atoms with E-state index in [2.05, 4.69) is 21.3 Å². The van der Waals surface area contributed by atoms with E-state index in [1.54, 1.807) is 0 Å². The lowest BCUT2D eigenvalue weighted by Crippen LogP contribution is -2.42. The molecule has 0 saturated carbocycles. The summed E-state index contributed by atoms with van der Waals surface area (Å²) in [6.45, 7) is 3.51. The first-order chi connectivity index (χ1) is 12.7. The Hall–Kier alpha value is -3.25. The molecule has 1 spiro atoms. The van der Waals surface area contributed by atoms with Crippen molar-refractivity contribution < 1.29 is 45.1 Å². The maximum atomic E-state index is 9.10. The highest BCUT2D eigenvalue weighted by atomic mass is 16.4. The Morgan fingerprint density at radius 1 is 1.00 bits per heavy atom. The number of anilines is 1. The number of carbonyl (C=O) groups is 4. The first-order valence-electron chi connectivity index (χ1n) is 7.99. The second kappa shape index (κ2) is 11.5. The molecule has 12 heteroatoms. The van der Waals surface area contributed by atoms with Crippen molar-refractivity contribution in [1.82, 2.24) is 10.3 Å². The van der Waals surface area contributed by atoms with E-state index in [1.165, 1.54) is 38.0 Å². The van der Waals surface area contributed by atoms with E-state index in [1.807, 2.05) is 18.5 Å². The summed E-state index contributed by atoms with van der Waals surface area (Å²) in [5, 5.41) is 33.2. The van der Waals surface area contributed by atoms with Gasteiger partial charge in [-0.2, -0.15) is 0 Å². The summed E-state index contributed by atoms with van der Waals surface area (Å²) >= 11 is 0. The van der Waals surface area contributed by atoms with Gasteiger partial charge in [-0.1, -0.05) is 0 Å². The summed E-state index contributed by atoms with van der Waals surface area (Å²) in [7, 11) is 0. The van der Waals surface area contributed by atoms with Gasteiger partial charge in [0, 0.05) is 24.8 Å². The second-order valence-electron chi connectivity index (χ2n) is 5.91. The largest absolute Gasteiger partial charge is 0.473 e. The van der Waals surface area contributed by atoms with Crippen LogP contribution in [0.3, 0.4) is 0 Å². The van der Waals surface area contributed by atoms with Gasteiger partial charge in [-0.25, -0.2) is 19.2 Å². The zero-order valence-corrected chi connectivity index (χ0v) is 14.9. The topological polar surface area (TPSA) is 209 Å². The fourth-order valence-electron chi connectivity index (χ4n) is 2.85. The Morgan fingerprint density at radius 2 is 1.57 bits per heavy atom. The van der Waals surface area contributed by atoms with Crippen LogP contribution in [0.4, 0.5) is 5.69 Å². The SMILES string of the molecule is O.O=C(O)C(=O)O.O=C(O)C(=O)O.c1cncc(N2CCC3(CCCN3)C2)c1. The predicted molar refractivity (Wildman–Crippen MR) is 95.2 cm³/mol. The number of carboxylic acid groups (broad SMARTS) is 4. The average Bonchev–Trinajstić information content (AvgIpc) is 3.27. The third kappa shape index (κ3) is 7.97. The van der Waals surface area contributed by atoms with Crippen molar-refractivity contribution in [2.45, 2.75) is 24.8 Å². The van der Waals surface area contributed by atoms with Gasteiger partial charge < -0.3 is 36.1 Å². The molecule has 3 rings (SSSR count). The number of aliphatic carboxylic acids is 4. The highest BCUT2D eigenvalue weighted by Gasteiger charge is 2.39. The fourth-order valence-corrected chi connectivity index (χ4v) is 2.85. The minimum atomic E-state index is -1.82. The van der Waals surface area contributed by atoms with Crippen LogP contribution in [-0.4, -0.2) is 79.9 Å². The molecular formula is C16H23N3O9. The number of aromatic nitrogens is 1. The van der Waals surface area contributed by atoms with Crippen molar-refractivity contribution in [1.29, 1.82) is 0 Å². The Morgan fingerprint density at radius 3 is 1.96 bits per heavy atom. The van der Waals surface area contributed by atoms with Crippen molar-refractivity contribution >= 4 is 29.6 Å². The molecule has 1 aromatic heterocycles. The number of rotatable bonds is 1. The van der Waals surface area contributed by atoms with Crippen LogP contribution >= 0.6 is 0 Å². The lowest BCUT2D eigenvalue weighted by molar-refractivity contribution is -0.159. The van der Waals surface area contributed by atoms with Gasteiger partial charge in [0.05, 0.1) is 11.9 Å². The van der Waals surface area contributed by atoms with Gasteiger partial charge in [0.2, 0.25) is 0 Å². The molecule has 28 heavy (non-hydrogen) atoms. The van der Waals surface area contributed by atoms with Crippen LogP contribution in [0.1, 0.15) is 19.3 Å². The van der Waals surface area contributed by atoms with Crippen LogP contribution in [0.2, 0.25) is 0 Å². The van der Waals surface area contributed by atoms with Gasteiger partial charge in [-0.15, -0.1) is 0 Å². The summed E-state index contributed by atoms with van der Waals surface area (Å²) < 4.78 is 0. The molecule has 156 valence electrons. The van der Waals surface area contributed by atoms with E-state index in [0.717, 1.165) is 6.54 Å². The molecule has 7 N–H and O–H groups in total. The van der Waals surface area contributed by atoms with Crippen LogP contribution in [0.15, 0.2) is 24.5 Å². The van der Waals surface area contributed by atoms with Crippen molar-refractivity contribution in [2.75, 3.05) is 24.5 Å². The molecule has 1 aromatic rings. The predicted octanol–water partition coefficient (Wildman–Crippen LogP) is -1.10. The van der Waals surface area contributed by atoms with E-state index in [-0.39, 0.29) is 5.48 Å². The maximum absolute atomic E-state index is 9.10. The molecular weight excluding hydrogens is 378 g/mol. The molecule has 0 radical (unpaired) electrons. The van der Waals surface area contributed by atoms with E-state index in [0.29, 0.717) is 5.54 Å². The Balaban J connectivity index is 0.000000476. The van der Waals surface area contributed by atoms with Gasteiger partial charge in [0.1, 0.15) is 0 Å². The minimum Gasteiger partial charge on any atom is -0.473 e. The van der Waals surface area contributed by atoms with Gasteiger partial charge >= 0.3 is 23.9 Å². The van der Waals surface area contributed by atoms with E-state index in [4.69, 9.17) is 39.6 Å². The van der Waals surface area contributed by atoms with Crippen LogP contribution in [0, 0.1) is 0 Å². The monoisotopic (exact) mass is 401 g/mol. The molecule has 1 atom stereocenters. The average molecular weight is 401 g/mol. The van der Waals surface area contributed by atoms with Gasteiger partial charge in [0.25, 0.3) is 0 Å². The minimum absolute atomic E-state index is 0. The van der Waals surface area contributed by atoms with Crippen LogP contribution in [-0.2, 0) is 19.2 Å². The van der Waals surface area contributed by atoms with Crippen LogP contribution in [0.25, 0.3) is 0 Å². The first kappa shape index (κ1) is 24.8. The third-order valence-electron chi connectivity index (χ3n) is 4.06. The molecule has 2 aliphatic heterocycles. The summed E-state index contributed by atoms with van der Waals surface area (Å²) in [4.78, 5) is 43.0. The van der Waals surface area contributed by atoms with Crippen molar-refractivity contribution in [3.05, 3.63) is 24.5 Å². The highest BCUT2D eigenvalue weighted by Crippen LogP contribution is 2.32. The number of pyridine rings is 1. The standard InChI is InChI=1S/C12H17N3.2C2H2O4.H2O/c1-3-11(9-13-6-1)15-8-5-12(10-15)4-2-7-14-12;2*3-1(4)2(5)6;/h1,3,6,9,14H,2,4-5,7-8,10H2;2*(H,3,4)(H,5,6);1H2. The Labute approximate surface area is 159 Å². The molecule has 2 fully saturated rings. The summed E-state index contributed by atoms with van der Waals surface area (Å²) in [6, 6.07) is 4.17. The molecule has 0 aromatic carbocycles. The zero-order valence-electron chi connectivity index (χ0n) is 14.9. The van der Waals surface area contributed by atoms with E-state index in [9.17, 15) is 0 Å². The molecule has 0 bridgehead atoms. The molecule has 2 aliphatic rings. The number of nitrogens with one attached hydrogen (secondary N) is 1. The van der Waals surface area contributed by atoms with Gasteiger partial charge in [-0.3, -0.25) is 4.98 Å². The fraction of sp³-hybridized carbons (Fsp3) is 0.438. The quantitative estimate of drug-likeness (QED) is 0.356. The Bertz CT molecular complexity index is 627. The van der Waals surface area contributed by atoms with Crippen molar-refractivity contribution in [3.8, 4) is 0 Å². The third-order valence-corrected chi connectivity index (χ3v) is 4.06. The molecule has 0 amide bonds. The lowest BCUT2D eigenvalue weighted by Gasteiger charge is -2.25. The molecule has 3 heterocycles. The number of carboxylic acids is 4. The molecule has 1 unspecified atom stereocenters. The molecule has 12 nitrogen and oxygen atoms in total. The number of nitrogens with zero attached hydrogens (tertiary/aromatic N) is 2. The highest BCUT2D eigenvalue weighted by molar-refractivity contribution is 6.27. The van der Waals surface area contributed by atoms with E-state index < -0.39 is 23.9 Å². The van der Waals surface area contributed by atoms with Crippen molar-refractivity contribution in [3.63, 3.8) is 0 Å². The van der Waals surface area contributed by atoms with Crippen LogP contribution in [0.5, 0.6) is 0 Å². The maximum Gasteiger partial charge on any atom is 0.414 e. The van der Waals surface area contributed by atoms with Gasteiger partial charge in [-0.05, 0) is 37.9 Å². The van der Waals surface area contributed by atoms with Crippen LogP contribution < -0.4 is 10.2 Å². The zero-order chi connectivity index (χ0) is 20.4. The molecule has 0 aliphatic carbocycles. The second-order valence-corrected chi connectivity index (χ2v) is 5.91. The summed E-state index contributed by atoms with van der Waals surface area (Å²) in [5.74, 6) is -7.30. The number of hydrogen-bond acceptors (Lipinski definition) is 7. The molecule has 2 saturated heterocycles.